The molecule has 1 aromatic carbocycles. The highest BCUT2D eigenvalue weighted by atomic mass is 35.5. The molecule has 0 aliphatic carbocycles. The van der Waals surface area contributed by atoms with E-state index in [1.165, 1.54) is 4.70 Å². The van der Waals surface area contributed by atoms with Crippen LogP contribution in [0.4, 0.5) is 0 Å². The first kappa shape index (κ1) is 20.2. The van der Waals surface area contributed by atoms with Crippen molar-refractivity contribution < 1.29 is 4.79 Å². The molecular formula is C16H23Cl2N3OS. The normalized spacial score (nSPS) is 16.7. The maximum absolute atomic E-state index is 12.6. The largest absolute Gasteiger partial charge is 0.336 e. The van der Waals surface area contributed by atoms with Gasteiger partial charge in [-0.3, -0.25) is 4.79 Å². The topological polar surface area (TPSA) is 45.2 Å². The molecule has 23 heavy (non-hydrogen) atoms. The molecule has 7 heteroatoms. The molecule has 2 aromatic rings. The first-order chi connectivity index (χ1) is 10.1. The number of aromatic nitrogens is 1. The van der Waals surface area contributed by atoms with E-state index >= 15 is 0 Å². The molecule has 4 nitrogen and oxygen atoms in total. The van der Waals surface area contributed by atoms with Crippen LogP contribution in [0.3, 0.4) is 0 Å². The van der Waals surface area contributed by atoms with E-state index < -0.39 is 0 Å². The highest BCUT2D eigenvalue weighted by Crippen LogP contribution is 2.30. The zero-order chi connectivity index (χ0) is 15.0. The van der Waals surface area contributed by atoms with E-state index in [0.717, 1.165) is 23.6 Å². The Morgan fingerprint density at radius 2 is 1.96 bits per heavy atom. The first-order valence-electron chi connectivity index (χ1n) is 7.40. The molecule has 1 fully saturated rings. The van der Waals surface area contributed by atoms with Crippen LogP contribution in [-0.2, 0) is 4.79 Å². The molecule has 1 N–H and O–H groups in total. The monoisotopic (exact) mass is 375 g/mol. The van der Waals surface area contributed by atoms with Crippen LogP contribution in [-0.4, -0.2) is 35.9 Å². The summed E-state index contributed by atoms with van der Waals surface area (Å²) in [6.07, 6.45) is 0. The van der Waals surface area contributed by atoms with Crippen LogP contribution in [0.15, 0.2) is 24.3 Å². The zero-order valence-electron chi connectivity index (χ0n) is 13.5. The summed E-state index contributed by atoms with van der Waals surface area (Å²) >= 11 is 1.67. The zero-order valence-corrected chi connectivity index (χ0v) is 15.9. The number of carbonyl (C=O) groups is 1. The second kappa shape index (κ2) is 8.29. The molecule has 0 radical (unpaired) electrons. The third kappa shape index (κ3) is 3.97. The van der Waals surface area contributed by atoms with E-state index in [2.05, 4.69) is 23.3 Å². The van der Waals surface area contributed by atoms with Gasteiger partial charge in [0.15, 0.2) is 0 Å². The van der Waals surface area contributed by atoms with Crippen LogP contribution >= 0.6 is 36.2 Å². The lowest BCUT2D eigenvalue weighted by atomic mass is 9.88. The lowest BCUT2D eigenvalue weighted by Gasteiger charge is -2.35. The second-order valence-electron chi connectivity index (χ2n) is 5.85. The number of halogens is 2. The summed E-state index contributed by atoms with van der Waals surface area (Å²) < 4.78 is 1.18. The highest BCUT2D eigenvalue weighted by molar-refractivity contribution is 7.18. The SMILES string of the molecule is CC(C(=O)N(C)C(C)c1nc2ccccc2s1)C1CNC1.Cl.Cl. The number of nitrogens with zero attached hydrogens (tertiary/aromatic N) is 2. The summed E-state index contributed by atoms with van der Waals surface area (Å²) in [5.41, 5.74) is 1.02. The Bertz CT molecular complexity index is 627. The Hall–Kier alpha value is -0.880. The highest BCUT2D eigenvalue weighted by Gasteiger charge is 2.32. The van der Waals surface area contributed by atoms with E-state index in [-0.39, 0.29) is 42.7 Å². The van der Waals surface area contributed by atoms with E-state index in [1.807, 2.05) is 37.1 Å². The molecule has 0 spiro atoms. The number of amides is 1. The Balaban J connectivity index is 0.00000132. The summed E-state index contributed by atoms with van der Waals surface area (Å²) in [5.74, 6) is 0.767. The Morgan fingerprint density at radius 3 is 2.52 bits per heavy atom. The minimum atomic E-state index is 0. The fraction of sp³-hybridized carbons (Fsp3) is 0.500. The van der Waals surface area contributed by atoms with Gasteiger partial charge in [-0.25, -0.2) is 4.98 Å². The van der Waals surface area contributed by atoms with Gasteiger partial charge in [-0.05, 0) is 38.1 Å². The van der Waals surface area contributed by atoms with Gasteiger partial charge in [0.05, 0.1) is 16.3 Å². The Kier molecular flexibility index (Phi) is 7.27. The van der Waals surface area contributed by atoms with Gasteiger partial charge in [0.1, 0.15) is 5.01 Å². The van der Waals surface area contributed by atoms with Crippen molar-refractivity contribution in [1.82, 2.24) is 15.2 Å². The third-order valence-electron chi connectivity index (χ3n) is 4.51. The minimum absolute atomic E-state index is 0. The maximum Gasteiger partial charge on any atom is 0.226 e. The molecule has 2 heterocycles. The van der Waals surface area contributed by atoms with Crippen LogP contribution in [0.5, 0.6) is 0 Å². The molecule has 0 bridgehead atoms. The maximum atomic E-state index is 12.6. The fourth-order valence-electron chi connectivity index (χ4n) is 2.61. The number of hydrogen-bond acceptors (Lipinski definition) is 4. The van der Waals surface area contributed by atoms with Gasteiger partial charge < -0.3 is 10.2 Å². The number of carbonyl (C=O) groups excluding carboxylic acids is 1. The summed E-state index contributed by atoms with van der Waals surface area (Å²) in [5, 5.41) is 4.24. The van der Waals surface area contributed by atoms with E-state index in [1.54, 1.807) is 11.3 Å². The van der Waals surface area contributed by atoms with Crippen LogP contribution < -0.4 is 5.32 Å². The molecule has 1 aromatic heterocycles. The standard InChI is InChI=1S/C16H21N3OS.2ClH/c1-10(12-8-17-9-12)16(20)19(3)11(2)15-18-13-6-4-5-7-14(13)21-15;;/h4-7,10-12,17H,8-9H2,1-3H3;2*1H. The van der Waals surface area contributed by atoms with E-state index in [4.69, 9.17) is 0 Å². The van der Waals surface area contributed by atoms with Crippen molar-refractivity contribution in [1.29, 1.82) is 0 Å². The van der Waals surface area contributed by atoms with Crippen molar-refractivity contribution in [2.75, 3.05) is 20.1 Å². The first-order valence-corrected chi connectivity index (χ1v) is 8.22. The summed E-state index contributed by atoms with van der Waals surface area (Å²) in [4.78, 5) is 19.1. The summed E-state index contributed by atoms with van der Waals surface area (Å²) in [6, 6.07) is 8.14. The molecular weight excluding hydrogens is 353 g/mol. The molecule has 1 aliphatic rings. The lowest BCUT2D eigenvalue weighted by Crippen LogP contribution is -2.50. The van der Waals surface area contributed by atoms with Gasteiger partial charge in [0, 0.05) is 13.0 Å². The predicted molar refractivity (Wildman–Crippen MR) is 101 cm³/mol. The van der Waals surface area contributed by atoms with Crippen molar-refractivity contribution in [3.63, 3.8) is 0 Å². The van der Waals surface area contributed by atoms with Crippen molar-refractivity contribution >= 4 is 52.3 Å². The van der Waals surface area contributed by atoms with E-state index in [0.29, 0.717) is 5.92 Å². The molecule has 128 valence electrons. The third-order valence-corrected chi connectivity index (χ3v) is 5.71. The van der Waals surface area contributed by atoms with Crippen LogP contribution in [0.25, 0.3) is 10.2 Å². The quantitative estimate of drug-likeness (QED) is 0.888. The van der Waals surface area contributed by atoms with Crippen molar-refractivity contribution in [2.45, 2.75) is 19.9 Å². The van der Waals surface area contributed by atoms with Crippen molar-refractivity contribution in [3.05, 3.63) is 29.3 Å². The number of fused-ring (bicyclic) bond motifs is 1. The van der Waals surface area contributed by atoms with Crippen LogP contribution in [0.1, 0.15) is 24.9 Å². The van der Waals surface area contributed by atoms with E-state index in [9.17, 15) is 4.79 Å². The van der Waals surface area contributed by atoms with Gasteiger partial charge in [0.2, 0.25) is 5.91 Å². The fourth-order valence-corrected chi connectivity index (χ4v) is 3.68. The second-order valence-corrected chi connectivity index (χ2v) is 6.91. The molecule has 2 atom stereocenters. The average molecular weight is 376 g/mol. The molecule has 1 saturated heterocycles. The molecule has 0 saturated carbocycles. The van der Waals surface area contributed by atoms with Crippen LogP contribution in [0, 0.1) is 11.8 Å². The lowest BCUT2D eigenvalue weighted by molar-refractivity contribution is -0.138. The predicted octanol–water partition coefficient (Wildman–Crippen LogP) is 3.51. The van der Waals surface area contributed by atoms with Gasteiger partial charge in [-0.2, -0.15) is 0 Å². The van der Waals surface area contributed by atoms with Crippen molar-refractivity contribution in [3.8, 4) is 0 Å². The number of rotatable bonds is 4. The van der Waals surface area contributed by atoms with Gasteiger partial charge in [-0.15, -0.1) is 36.2 Å². The molecule has 1 amide bonds. The smallest absolute Gasteiger partial charge is 0.226 e. The minimum Gasteiger partial charge on any atom is -0.336 e. The van der Waals surface area contributed by atoms with Gasteiger partial charge in [-0.1, -0.05) is 19.1 Å². The molecule has 1 aliphatic heterocycles. The summed E-state index contributed by atoms with van der Waals surface area (Å²) in [6.45, 7) is 6.00. The van der Waals surface area contributed by atoms with Crippen LogP contribution in [0.2, 0.25) is 0 Å². The molecule has 3 rings (SSSR count). The molecule has 2 unspecified atom stereocenters. The number of para-hydroxylation sites is 1. The number of thiazole rings is 1. The van der Waals surface area contributed by atoms with Gasteiger partial charge in [0.25, 0.3) is 0 Å². The number of nitrogens with one attached hydrogen (secondary N) is 1. The summed E-state index contributed by atoms with van der Waals surface area (Å²) in [7, 11) is 1.89. The number of hydrogen-bond donors (Lipinski definition) is 1. The van der Waals surface area contributed by atoms with Gasteiger partial charge >= 0.3 is 0 Å². The Morgan fingerprint density at radius 1 is 1.30 bits per heavy atom. The van der Waals surface area contributed by atoms with Crippen molar-refractivity contribution in [2.24, 2.45) is 11.8 Å². The Labute approximate surface area is 153 Å². The average Bonchev–Trinajstić information content (AvgIpc) is 2.86. The number of benzene rings is 1.